The Labute approximate surface area is 101 Å². The molecule has 0 saturated carbocycles. The first kappa shape index (κ1) is 11.7. The summed E-state index contributed by atoms with van der Waals surface area (Å²) < 4.78 is 7.42. The number of ether oxygens (including phenoxy) is 1. The number of nitrogens with zero attached hydrogens (tertiary/aromatic N) is 1. The first-order valence-electron chi connectivity index (χ1n) is 5.75. The van der Waals surface area contributed by atoms with Crippen molar-refractivity contribution in [3.05, 3.63) is 30.0 Å². The molecule has 1 heterocycles. The van der Waals surface area contributed by atoms with E-state index in [1.54, 1.807) is 14.0 Å². The molecule has 0 unspecified atom stereocenters. The molecule has 90 valence electrons. The molecular weight excluding hydrogens is 214 g/mol. The molecule has 2 aromatic rings. The van der Waals surface area contributed by atoms with Gasteiger partial charge in [-0.15, -0.1) is 0 Å². The Hall–Kier alpha value is -1.77. The fraction of sp³-hybridized carbons (Fsp3) is 0.357. The molecule has 3 heteroatoms. The van der Waals surface area contributed by atoms with E-state index in [0.717, 1.165) is 22.3 Å². The summed E-state index contributed by atoms with van der Waals surface area (Å²) in [7, 11) is 1.65. The molecular formula is C14H17NO2. The van der Waals surface area contributed by atoms with Crippen molar-refractivity contribution in [2.45, 2.75) is 26.8 Å². The van der Waals surface area contributed by atoms with Crippen LogP contribution in [0.25, 0.3) is 10.9 Å². The average Bonchev–Trinajstić information content (AvgIpc) is 2.67. The zero-order chi connectivity index (χ0) is 12.6. The number of benzene rings is 1. The second-order valence-electron chi connectivity index (χ2n) is 4.45. The van der Waals surface area contributed by atoms with Crippen molar-refractivity contribution >= 4 is 16.7 Å². The van der Waals surface area contributed by atoms with Crippen molar-refractivity contribution in [1.29, 1.82) is 0 Å². The fourth-order valence-corrected chi connectivity index (χ4v) is 2.22. The number of carbonyl (C=O) groups is 1. The van der Waals surface area contributed by atoms with E-state index in [-0.39, 0.29) is 11.8 Å². The smallest absolute Gasteiger partial charge is 0.176 e. The molecule has 0 radical (unpaired) electrons. The Balaban J connectivity index is 2.86. The van der Waals surface area contributed by atoms with Crippen LogP contribution < -0.4 is 4.74 Å². The number of Topliss-reactive ketones (excluding diaryl/α,β-unsaturated/α-hetero) is 1. The van der Waals surface area contributed by atoms with Crippen molar-refractivity contribution in [3.63, 3.8) is 0 Å². The number of methoxy groups -OCH3 is 1. The van der Waals surface area contributed by atoms with Gasteiger partial charge < -0.3 is 9.30 Å². The van der Waals surface area contributed by atoms with Gasteiger partial charge in [-0.25, -0.2) is 0 Å². The Morgan fingerprint density at radius 3 is 2.59 bits per heavy atom. The highest BCUT2D eigenvalue weighted by Crippen LogP contribution is 2.31. The number of ketones is 1. The summed E-state index contributed by atoms with van der Waals surface area (Å²) in [5.74, 6) is 0.889. The van der Waals surface area contributed by atoms with E-state index >= 15 is 0 Å². The van der Waals surface area contributed by atoms with Gasteiger partial charge in [-0.05, 0) is 26.0 Å². The maximum absolute atomic E-state index is 11.7. The number of hydrogen-bond acceptors (Lipinski definition) is 2. The molecule has 0 spiro atoms. The van der Waals surface area contributed by atoms with Gasteiger partial charge in [0.05, 0.1) is 18.3 Å². The second kappa shape index (κ2) is 4.24. The van der Waals surface area contributed by atoms with Crippen LogP contribution in [0.3, 0.4) is 0 Å². The minimum atomic E-state index is 0.0805. The number of rotatable bonds is 3. The van der Waals surface area contributed by atoms with Gasteiger partial charge in [-0.2, -0.15) is 0 Å². The highest BCUT2D eigenvalue weighted by Gasteiger charge is 2.17. The summed E-state index contributed by atoms with van der Waals surface area (Å²) in [6, 6.07) is 8.02. The van der Waals surface area contributed by atoms with E-state index in [4.69, 9.17) is 4.74 Å². The topological polar surface area (TPSA) is 31.2 Å². The van der Waals surface area contributed by atoms with Crippen molar-refractivity contribution < 1.29 is 9.53 Å². The Morgan fingerprint density at radius 1 is 1.35 bits per heavy atom. The van der Waals surface area contributed by atoms with E-state index in [2.05, 4.69) is 13.8 Å². The van der Waals surface area contributed by atoms with Crippen LogP contribution >= 0.6 is 0 Å². The van der Waals surface area contributed by atoms with Crippen LogP contribution in [0.1, 0.15) is 37.3 Å². The molecule has 0 aliphatic rings. The lowest BCUT2D eigenvalue weighted by molar-refractivity contribution is 0.100. The van der Waals surface area contributed by atoms with Crippen LogP contribution in [0.5, 0.6) is 5.75 Å². The Morgan fingerprint density at radius 2 is 2.06 bits per heavy atom. The van der Waals surface area contributed by atoms with E-state index in [0.29, 0.717) is 0 Å². The quantitative estimate of drug-likeness (QED) is 0.758. The third-order valence-electron chi connectivity index (χ3n) is 2.92. The first-order chi connectivity index (χ1) is 8.06. The predicted octanol–water partition coefficient (Wildman–Crippen LogP) is 3.43. The van der Waals surface area contributed by atoms with Gasteiger partial charge in [-0.1, -0.05) is 12.1 Å². The minimum absolute atomic E-state index is 0.0805. The van der Waals surface area contributed by atoms with E-state index in [1.165, 1.54) is 0 Å². The van der Waals surface area contributed by atoms with Gasteiger partial charge in [0.25, 0.3) is 0 Å². The molecule has 17 heavy (non-hydrogen) atoms. The van der Waals surface area contributed by atoms with Crippen LogP contribution in [0.2, 0.25) is 0 Å². The van der Waals surface area contributed by atoms with Gasteiger partial charge in [0.15, 0.2) is 5.78 Å². The third kappa shape index (κ3) is 1.82. The fourth-order valence-electron chi connectivity index (χ4n) is 2.22. The van der Waals surface area contributed by atoms with Crippen LogP contribution in [0, 0.1) is 0 Å². The lowest BCUT2D eigenvalue weighted by atomic mass is 10.2. The van der Waals surface area contributed by atoms with Crippen LogP contribution in [0.15, 0.2) is 24.3 Å². The molecule has 1 aromatic carbocycles. The van der Waals surface area contributed by atoms with Gasteiger partial charge in [0, 0.05) is 18.4 Å². The summed E-state index contributed by atoms with van der Waals surface area (Å²) in [6.45, 7) is 5.73. The lowest BCUT2D eigenvalue weighted by Crippen LogP contribution is -2.09. The second-order valence-corrected chi connectivity index (χ2v) is 4.45. The number of para-hydroxylation sites is 1. The van der Waals surface area contributed by atoms with Crippen LogP contribution in [-0.4, -0.2) is 17.5 Å². The minimum Gasteiger partial charge on any atom is -0.495 e. The molecule has 3 nitrogen and oxygen atoms in total. The third-order valence-corrected chi connectivity index (χ3v) is 2.92. The van der Waals surface area contributed by atoms with Crippen molar-refractivity contribution in [1.82, 2.24) is 4.57 Å². The van der Waals surface area contributed by atoms with E-state index < -0.39 is 0 Å². The molecule has 0 aliphatic heterocycles. The van der Waals surface area contributed by atoms with Crippen molar-refractivity contribution in [3.8, 4) is 5.75 Å². The summed E-state index contributed by atoms with van der Waals surface area (Å²) in [6.07, 6.45) is 0. The van der Waals surface area contributed by atoms with E-state index in [1.807, 2.05) is 28.8 Å². The molecule has 2 rings (SSSR count). The average molecular weight is 231 g/mol. The standard InChI is InChI=1S/C14H17NO2/c1-9(2)15-12(10(3)16)8-11-6-5-7-13(17-4)14(11)15/h5-9H,1-4H3. The normalized spacial score (nSPS) is 11.1. The SMILES string of the molecule is COc1cccc2cc(C(C)=O)n(C(C)C)c12. The predicted molar refractivity (Wildman–Crippen MR) is 68.9 cm³/mol. The highest BCUT2D eigenvalue weighted by atomic mass is 16.5. The molecule has 0 amide bonds. The zero-order valence-electron chi connectivity index (χ0n) is 10.7. The van der Waals surface area contributed by atoms with Crippen molar-refractivity contribution in [2.75, 3.05) is 7.11 Å². The molecule has 0 fully saturated rings. The maximum atomic E-state index is 11.7. The first-order valence-corrected chi connectivity index (χ1v) is 5.75. The number of aromatic nitrogens is 1. The molecule has 0 aliphatic carbocycles. The lowest BCUT2D eigenvalue weighted by Gasteiger charge is -2.14. The highest BCUT2D eigenvalue weighted by molar-refractivity contribution is 6.00. The summed E-state index contributed by atoms with van der Waals surface area (Å²) in [5, 5.41) is 1.04. The molecule has 0 N–H and O–H groups in total. The maximum Gasteiger partial charge on any atom is 0.176 e. The molecule has 0 saturated heterocycles. The largest absolute Gasteiger partial charge is 0.495 e. The summed E-state index contributed by atoms with van der Waals surface area (Å²) in [4.78, 5) is 11.7. The molecule has 1 aromatic heterocycles. The van der Waals surface area contributed by atoms with E-state index in [9.17, 15) is 4.79 Å². The number of hydrogen-bond donors (Lipinski definition) is 0. The van der Waals surface area contributed by atoms with Gasteiger partial charge in [0.2, 0.25) is 0 Å². The Kier molecular flexibility index (Phi) is 2.92. The zero-order valence-corrected chi connectivity index (χ0v) is 10.7. The Bertz CT molecular complexity index is 567. The number of fused-ring (bicyclic) bond motifs is 1. The molecule has 0 bridgehead atoms. The summed E-state index contributed by atoms with van der Waals surface area (Å²) in [5.41, 5.74) is 1.73. The van der Waals surface area contributed by atoms with Crippen LogP contribution in [-0.2, 0) is 0 Å². The number of carbonyl (C=O) groups excluding carboxylic acids is 1. The summed E-state index contributed by atoms with van der Waals surface area (Å²) >= 11 is 0. The van der Waals surface area contributed by atoms with Gasteiger partial charge in [-0.3, -0.25) is 4.79 Å². The van der Waals surface area contributed by atoms with Crippen LogP contribution in [0.4, 0.5) is 0 Å². The van der Waals surface area contributed by atoms with Crippen molar-refractivity contribution in [2.24, 2.45) is 0 Å². The van der Waals surface area contributed by atoms with Gasteiger partial charge >= 0.3 is 0 Å². The monoisotopic (exact) mass is 231 g/mol. The van der Waals surface area contributed by atoms with Gasteiger partial charge in [0.1, 0.15) is 5.75 Å². The molecule has 0 atom stereocenters.